The molecule has 2 rings (SSSR count). The molecule has 3 heteroatoms. The Bertz CT molecular complexity index is 363. The van der Waals surface area contributed by atoms with Crippen LogP contribution >= 0.6 is 0 Å². The zero-order valence-electron chi connectivity index (χ0n) is 11.2. The molecule has 0 radical (unpaired) electrons. The number of hydrogen-bond donors (Lipinski definition) is 2. The topological polar surface area (TPSA) is 49.5 Å². The van der Waals surface area contributed by atoms with Crippen molar-refractivity contribution in [3.63, 3.8) is 0 Å². The highest BCUT2D eigenvalue weighted by molar-refractivity contribution is 5.21. The lowest BCUT2D eigenvalue weighted by atomic mass is 9.92. The first-order valence-electron chi connectivity index (χ1n) is 6.81. The maximum absolute atomic E-state index is 9.05. The number of likely N-dealkylation sites (tertiary alicyclic amines) is 1. The maximum Gasteiger partial charge on any atom is 0.0434 e. The van der Waals surface area contributed by atoms with Gasteiger partial charge in [0, 0.05) is 32.3 Å². The van der Waals surface area contributed by atoms with Crippen molar-refractivity contribution in [2.75, 3.05) is 19.7 Å². The number of benzene rings is 1. The standard InChI is InChI=1S/C15H24N2O/c1-12-2-4-13(5-3-12)9-17-10-14(6-7-18)8-15(16)11-17/h2-5,14-15,18H,6-11,16H2,1H3. The highest BCUT2D eigenvalue weighted by atomic mass is 16.3. The van der Waals surface area contributed by atoms with E-state index in [4.69, 9.17) is 10.8 Å². The summed E-state index contributed by atoms with van der Waals surface area (Å²) in [4.78, 5) is 2.42. The average molecular weight is 248 g/mol. The minimum absolute atomic E-state index is 0.251. The molecule has 3 nitrogen and oxygen atoms in total. The first-order valence-corrected chi connectivity index (χ1v) is 6.81. The molecule has 1 heterocycles. The Morgan fingerprint density at radius 2 is 2.00 bits per heavy atom. The van der Waals surface area contributed by atoms with Crippen molar-refractivity contribution in [1.29, 1.82) is 0 Å². The van der Waals surface area contributed by atoms with E-state index in [1.807, 2.05) is 0 Å². The molecule has 0 aliphatic carbocycles. The number of nitrogens with zero attached hydrogens (tertiary/aromatic N) is 1. The number of aliphatic hydroxyl groups excluding tert-OH is 1. The third-order valence-corrected chi connectivity index (χ3v) is 3.71. The lowest BCUT2D eigenvalue weighted by Gasteiger charge is -2.36. The lowest BCUT2D eigenvalue weighted by molar-refractivity contribution is 0.128. The summed E-state index contributed by atoms with van der Waals surface area (Å²) < 4.78 is 0. The van der Waals surface area contributed by atoms with Crippen LogP contribution in [0.25, 0.3) is 0 Å². The summed E-state index contributed by atoms with van der Waals surface area (Å²) in [6.07, 6.45) is 1.92. The van der Waals surface area contributed by atoms with Crippen LogP contribution in [0.1, 0.15) is 24.0 Å². The van der Waals surface area contributed by atoms with Gasteiger partial charge in [0.05, 0.1) is 0 Å². The molecule has 3 N–H and O–H groups in total. The molecule has 100 valence electrons. The van der Waals surface area contributed by atoms with E-state index in [2.05, 4.69) is 36.1 Å². The van der Waals surface area contributed by atoms with Gasteiger partial charge in [0.25, 0.3) is 0 Å². The summed E-state index contributed by atoms with van der Waals surface area (Å²) in [5.74, 6) is 0.546. The van der Waals surface area contributed by atoms with Crippen molar-refractivity contribution in [2.45, 2.75) is 32.4 Å². The van der Waals surface area contributed by atoms with Crippen LogP contribution in [-0.2, 0) is 6.54 Å². The fraction of sp³-hybridized carbons (Fsp3) is 0.600. The Hall–Kier alpha value is -0.900. The van der Waals surface area contributed by atoms with Crippen molar-refractivity contribution < 1.29 is 5.11 Å². The summed E-state index contributed by atoms with van der Waals surface area (Å²) in [5.41, 5.74) is 8.74. The van der Waals surface area contributed by atoms with Crippen molar-refractivity contribution in [3.8, 4) is 0 Å². The van der Waals surface area contributed by atoms with Gasteiger partial charge in [-0.1, -0.05) is 29.8 Å². The number of aryl methyl sites for hydroxylation is 1. The van der Waals surface area contributed by atoms with E-state index >= 15 is 0 Å². The first-order chi connectivity index (χ1) is 8.67. The van der Waals surface area contributed by atoms with Crippen LogP contribution in [0.15, 0.2) is 24.3 Å². The first kappa shape index (κ1) is 13.5. The average Bonchev–Trinajstić information content (AvgIpc) is 2.32. The Morgan fingerprint density at radius 3 is 2.67 bits per heavy atom. The third kappa shape index (κ3) is 3.80. The molecular formula is C15H24N2O. The molecule has 0 amide bonds. The van der Waals surface area contributed by atoms with Crippen molar-refractivity contribution in [1.82, 2.24) is 4.90 Å². The molecule has 0 spiro atoms. The van der Waals surface area contributed by atoms with Crippen molar-refractivity contribution >= 4 is 0 Å². The van der Waals surface area contributed by atoms with Gasteiger partial charge in [-0.15, -0.1) is 0 Å². The van der Waals surface area contributed by atoms with E-state index in [9.17, 15) is 0 Å². The van der Waals surface area contributed by atoms with Crippen LogP contribution in [-0.4, -0.2) is 35.7 Å². The molecule has 2 atom stereocenters. The van der Waals surface area contributed by atoms with Crippen LogP contribution in [0.2, 0.25) is 0 Å². The Labute approximate surface area is 110 Å². The molecule has 1 saturated heterocycles. The minimum atomic E-state index is 0.251. The normalized spacial score (nSPS) is 25.3. The minimum Gasteiger partial charge on any atom is -0.396 e. The predicted octanol–water partition coefficient (Wildman–Crippen LogP) is 1.53. The second kappa shape index (κ2) is 6.32. The maximum atomic E-state index is 9.05. The van der Waals surface area contributed by atoms with Gasteiger partial charge in [-0.2, -0.15) is 0 Å². The van der Waals surface area contributed by atoms with E-state index in [1.54, 1.807) is 0 Å². The third-order valence-electron chi connectivity index (χ3n) is 3.71. The molecule has 0 saturated carbocycles. The van der Waals surface area contributed by atoms with Gasteiger partial charge < -0.3 is 10.8 Å². The van der Waals surface area contributed by atoms with Gasteiger partial charge in [-0.3, -0.25) is 4.90 Å². The van der Waals surface area contributed by atoms with Gasteiger partial charge in [-0.25, -0.2) is 0 Å². The number of nitrogens with two attached hydrogens (primary N) is 1. The molecule has 2 unspecified atom stereocenters. The van der Waals surface area contributed by atoms with Crippen LogP contribution in [0, 0.1) is 12.8 Å². The van der Waals surface area contributed by atoms with E-state index < -0.39 is 0 Å². The number of piperidine rings is 1. The molecular weight excluding hydrogens is 224 g/mol. The van der Waals surface area contributed by atoms with Gasteiger partial charge in [0.2, 0.25) is 0 Å². The smallest absolute Gasteiger partial charge is 0.0434 e. The van der Waals surface area contributed by atoms with E-state index in [0.717, 1.165) is 32.5 Å². The summed E-state index contributed by atoms with van der Waals surface area (Å²) in [7, 11) is 0. The predicted molar refractivity (Wildman–Crippen MR) is 74.2 cm³/mol. The van der Waals surface area contributed by atoms with Crippen LogP contribution < -0.4 is 5.73 Å². The van der Waals surface area contributed by atoms with Gasteiger partial charge in [0.1, 0.15) is 0 Å². The Balaban J connectivity index is 1.93. The summed E-state index contributed by atoms with van der Waals surface area (Å²) in [5, 5.41) is 9.05. The number of aliphatic hydroxyl groups is 1. The molecule has 1 fully saturated rings. The Kier molecular flexibility index (Phi) is 4.75. The second-order valence-electron chi connectivity index (χ2n) is 5.55. The highest BCUT2D eigenvalue weighted by Crippen LogP contribution is 2.20. The van der Waals surface area contributed by atoms with Gasteiger partial charge in [-0.05, 0) is 31.2 Å². The highest BCUT2D eigenvalue weighted by Gasteiger charge is 2.24. The second-order valence-corrected chi connectivity index (χ2v) is 5.55. The number of hydrogen-bond acceptors (Lipinski definition) is 3. The van der Waals surface area contributed by atoms with Gasteiger partial charge in [0.15, 0.2) is 0 Å². The SMILES string of the molecule is Cc1ccc(CN2CC(N)CC(CCO)C2)cc1. The molecule has 1 aliphatic heterocycles. The summed E-state index contributed by atoms with van der Waals surface area (Å²) in [6.45, 7) is 5.38. The van der Waals surface area contributed by atoms with Crippen molar-refractivity contribution in [3.05, 3.63) is 35.4 Å². The van der Waals surface area contributed by atoms with Crippen molar-refractivity contribution in [2.24, 2.45) is 11.7 Å². The molecule has 1 aliphatic rings. The molecule has 0 aromatic heterocycles. The van der Waals surface area contributed by atoms with E-state index in [-0.39, 0.29) is 12.6 Å². The van der Waals surface area contributed by atoms with Crippen LogP contribution in [0.5, 0.6) is 0 Å². The summed E-state index contributed by atoms with van der Waals surface area (Å²) >= 11 is 0. The zero-order valence-corrected chi connectivity index (χ0v) is 11.2. The van der Waals surface area contributed by atoms with E-state index in [1.165, 1.54) is 11.1 Å². The zero-order chi connectivity index (χ0) is 13.0. The monoisotopic (exact) mass is 248 g/mol. The van der Waals surface area contributed by atoms with Crippen LogP contribution in [0.3, 0.4) is 0 Å². The molecule has 1 aromatic carbocycles. The summed E-state index contributed by atoms with van der Waals surface area (Å²) in [6, 6.07) is 8.95. The number of rotatable bonds is 4. The van der Waals surface area contributed by atoms with Gasteiger partial charge >= 0.3 is 0 Å². The lowest BCUT2D eigenvalue weighted by Crippen LogP contribution is -2.46. The fourth-order valence-corrected chi connectivity index (χ4v) is 2.82. The van der Waals surface area contributed by atoms with Crippen LogP contribution in [0.4, 0.5) is 0 Å². The largest absolute Gasteiger partial charge is 0.396 e. The quantitative estimate of drug-likeness (QED) is 0.849. The fourth-order valence-electron chi connectivity index (χ4n) is 2.82. The van der Waals surface area contributed by atoms with E-state index in [0.29, 0.717) is 5.92 Å². The molecule has 0 bridgehead atoms. The molecule has 18 heavy (non-hydrogen) atoms. The molecule has 1 aromatic rings. The Morgan fingerprint density at radius 1 is 1.28 bits per heavy atom.